The average molecular weight is 136 g/mol. The predicted molar refractivity (Wildman–Crippen MR) is 42.6 cm³/mol. The Morgan fingerprint density at radius 1 is 1.50 bits per heavy atom. The molecule has 0 atom stereocenters. The molecule has 0 unspecified atom stereocenters. The Balaban J connectivity index is 2.79. The minimum absolute atomic E-state index is 0.936. The van der Waals surface area contributed by atoms with Gasteiger partial charge in [-0.05, 0) is 25.5 Å². The molecule has 0 aromatic carbocycles. The zero-order valence-electron chi connectivity index (χ0n) is 6.42. The van der Waals surface area contributed by atoms with Gasteiger partial charge in [-0.25, -0.2) is 0 Å². The highest BCUT2D eigenvalue weighted by molar-refractivity contribution is 5.28. The molecule has 0 N–H and O–H groups in total. The molecule has 0 amide bonds. The van der Waals surface area contributed by atoms with Crippen LogP contribution in [0.3, 0.4) is 0 Å². The molecule has 0 spiro atoms. The van der Waals surface area contributed by atoms with E-state index in [0.717, 1.165) is 12.2 Å². The number of hydrogen-bond acceptors (Lipinski definition) is 1. The topological polar surface area (TPSA) is 9.23 Å². The third-order valence-corrected chi connectivity index (χ3v) is 1.46. The van der Waals surface area contributed by atoms with Crippen LogP contribution in [0.15, 0.2) is 35.6 Å². The van der Waals surface area contributed by atoms with Gasteiger partial charge in [0.25, 0.3) is 0 Å². The lowest BCUT2D eigenvalue weighted by molar-refractivity contribution is 0.306. The summed E-state index contributed by atoms with van der Waals surface area (Å²) in [4.78, 5) is 0. The summed E-state index contributed by atoms with van der Waals surface area (Å²) < 4.78 is 5.08. The molecule has 0 aromatic heterocycles. The molecular weight excluding hydrogens is 124 g/mol. The second-order valence-electron chi connectivity index (χ2n) is 2.34. The smallest absolute Gasteiger partial charge is 0.118 e. The third kappa shape index (κ3) is 1.76. The largest absolute Gasteiger partial charge is 0.497 e. The van der Waals surface area contributed by atoms with Crippen molar-refractivity contribution in [3.05, 3.63) is 35.6 Å². The quantitative estimate of drug-likeness (QED) is 0.538. The summed E-state index contributed by atoms with van der Waals surface area (Å²) in [6, 6.07) is 0. The minimum atomic E-state index is 0.936. The molecule has 10 heavy (non-hydrogen) atoms. The standard InChI is InChI=1S/C9H12O/c1-8-5-3-4-6-9(7-8)10-2/h4-7H,3H2,1-2H3. The number of ether oxygens (including phenoxy) is 1. The molecule has 1 rings (SSSR count). The second kappa shape index (κ2) is 3.25. The summed E-state index contributed by atoms with van der Waals surface area (Å²) in [5, 5.41) is 0. The van der Waals surface area contributed by atoms with E-state index < -0.39 is 0 Å². The van der Waals surface area contributed by atoms with Crippen LogP contribution in [-0.4, -0.2) is 7.11 Å². The van der Waals surface area contributed by atoms with Crippen molar-refractivity contribution in [2.24, 2.45) is 0 Å². The fourth-order valence-corrected chi connectivity index (χ4v) is 0.897. The first-order valence-corrected chi connectivity index (χ1v) is 3.42. The van der Waals surface area contributed by atoms with Gasteiger partial charge in [0.15, 0.2) is 0 Å². The monoisotopic (exact) mass is 136 g/mol. The van der Waals surface area contributed by atoms with E-state index >= 15 is 0 Å². The number of allylic oxidation sites excluding steroid dienone is 5. The molecular formula is C9H12O. The van der Waals surface area contributed by atoms with Crippen molar-refractivity contribution < 1.29 is 4.74 Å². The van der Waals surface area contributed by atoms with E-state index in [-0.39, 0.29) is 0 Å². The van der Waals surface area contributed by atoms with Crippen molar-refractivity contribution in [3.63, 3.8) is 0 Å². The average Bonchev–Trinajstić information content (AvgIpc) is 2.13. The molecule has 0 saturated heterocycles. The molecule has 1 aliphatic rings. The first-order chi connectivity index (χ1) is 4.83. The van der Waals surface area contributed by atoms with Crippen molar-refractivity contribution in [2.45, 2.75) is 13.3 Å². The summed E-state index contributed by atoms with van der Waals surface area (Å²) in [5.74, 6) is 0.936. The maximum atomic E-state index is 5.08. The Kier molecular flexibility index (Phi) is 2.32. The highest BCUT2D eigenvalue weighted by Crippen LogP contribution is 2.10. The zero-order valence-corrected chi connectivity index (χ0v) is 6.42. The number of hydrogen-bond donors (Lipinski definition) is 0. The summed E-state index contributed by atoms with van der Waals surface area (Å²) in [5.41, 5.74) is 1.27. The Morgan fingerprint density at radius 2 is 2.30 bits per heavy atom. The van der Waals surface area contributed by atoms with Crippen molar-refractivity contribution in [1.29, 1.82) is 0 Å². The van der Waals surface area contributed by atoms with Crippen LogP contribution in [0.1, 0.15) is 13.3 Å². The molecule has 0 saturated carbocycles. The van der Waals surface area contributed by atoms with Crippen LogP contribution in [0.5, 0.6) is 0 Å². The van der Waals surface area contributed by atoms with Gasteiger partial charge in [0.1, 0.15) is 5.76 Å². The Bertz CT molecular complexity index is 197. The van der Waals surface area contributed by atoms with Gasteiger partial charge in [-0.1, -0.05) is 17.7 Å². The summed E-state index contributed by atoms with van der Waals surface area (Å²) in [6.45, 7) is 2.08. The van der Waals surface area contributed by atoms with Gasteiger partial charge in [-0.15, -0.1) is 0 Å². The first kappa shape index (κ1) is 7.13. The fourth-order valence-electron chi connectivity index (χ4n) is 0.897. The second-order valence-corrected chi connectivity index (χ2v) is 2.34. The molecule has 0 heterocycles. The van der Waals surface area contributed by atoms with Crippen LogP contribution < -0.4 is 0 Å². The van der Waals surface area contributed by atoms with Crippen molar-refractivity contribution >= 4 is 0 Å². The summed E-state index contributed by atoms with van der Waals surface area (Å²) in [7, 11) is 1.69. The van der Waals surface area contributed by atoms with Crippen LogP contribution in [0.25, 0.3) is 0 Å². The van der Waals surface area contributed by atoms with Gasteiger partial charge >= 0.3 is 0 Å². The Hall–Kier alpha value is -0.980. The van der Waals surface area contributed by atoms with E-state index in [1.54, 1.807) is 7.11 Å². The lowest BCUT2D eigenvalue weighted by Crippen LogP contribution is -1.80. The SMILES string of the molecule is COC1=CC(C)=CCC=C1. The van der Waals surface area contributed by atoms with Crippen LogP contribution in [-0.2, 0) is 4.74 Å². The highest BCUT2D eigenvalue weighted by Gasteiger charge is 1.93. The predicted octanol–water partition coefficient (Wildman–Crippen LogP) is 2.42. The first-order valence-electron chi connectivity index (χ1n) is 3.42. The van der Waals surface area contributed by atoms with Gasteiger partial charge in [0, 0.05) is 0 Å². The van der Waals surface area contributed by atoms with Crippen LogP contribution in [0, 0.1) is 0 Å². The molecule has 54 valence electrons. The number of rotatable bonds is 1. The normalized spacial score (nSPS) is 17.4. The summed E-state index contributed by atoms with van der Waals surface area (Å²) in [6.07, 6.45) is 9.29. The van der Waals surface area contributed by atoms with E-state index in [1.165, 1.54) is 5.57 Å². The van der Waals surface area contributed by atoms with Crippen LogP contribution >= 0.6 is 0 Å². The van der Waals surface area contributed by atoms with Gasteiger partial charge in [-0.2, -0.15) is 0 Å². The Morgan fingerprint density at radius 3 is 3.00 bits per heavy atom. The molecule has 1 heteroatoms. The number of methoxy groups -OCH3 is 1. The maximum absolute atomic E-state index is 5.08. The maximum Gasteiger partial charge on any atom is 0.118 e. The van der Waals surface area contributed by atoms with Crippen LogP contribution in [0.2, 0.25) is 0 Å². The van der Waals surface area contributed by atoms with Crippen LogP contribution in [0.4, 0.5) is 0 Å². The Labute approximate surface area is 61.7 Å². The van der Waals surface area contributed by atoms with E-state index in [4.69, 9.17) is 4.74 Å². The molecule has 0 aliphatic heterocycles. The molecule has 0 radical (unpaired) electrons. The highest BCUT2D eigenvalue weighted by atomic mass is 16.5. The lowest BCUT2D eigenvalue weighted by atomic mass is 10.2. The lowest BCUT2D eigenvalue weighted by Gasteiger charge is -1.97. The third-order valence-electron chi connectivity index (χ3n) is 1.46. The van der Waals surface area contributed by atoms with Crippen molar-refractivity contribution in [2.75, 3.05) is 7.11 Å². The van der Waals surface area contributed by atoms with E-state index in [0.29, 0.717) is 0 Å². The van der Waals surface area contributed by atoms with Crippen molar-refractivity contribution in [3.8, 4) is 0 Å². The minimum Gasteiger partial charge on any atom is -0.497 e. The molecule has 0 bridgehead atoms. The molecule has 1 nitrogen and oxygen atoms in total. The molecule has 0 fully saturated rings. The van der Waals surface area contributed by atoms with Crippen molar-refractivity contribution in [1.82, 2.24) is 0 Å². The van der Waals surface area contributed by atoms with Gasteiger partial charge in [0.05, 0.1) is 7.11 Å². The van der Waals surface area contributed by atoms with E-state index in [9.17, 15) is 0 Å². The van der Waals surface area contributed by atoms with Gasteiger partial charge < -0.3 is 4.74 Å². The summed E-state index contributed by atoms with van der Waals surface area (Å²) >= 11 is 0. The molecule has 1 aliphatic carbocycles. The van der Waals surface area contributed by atoms with E-state index in [1.807, 2.05) is 12.2 Å². The van der Waals surface area contributed by atoms with Gasteiger partial charge in [-0.3, -0.25) is 0 Å². The van der Waals surface area contributed by atoms with E-state index in [2.05, 4.69) is 19.1 Å². The van der Waals surface area contributed by atoms with Gasteiger partial charge in [0.2, 0.25) is 0 Å². The fraction of sp³-hybridized carbons (Fsp3) is 0.333. The zero-order chi connectivity index (χ0) is 7.40. The molecule has 0 aromatic rings.